The summed E-state index contributed by atoms with van der Waals surface area (Å²) in [6.45, 7) is 6.30. The van der Waals surface area contributed by atoms with Crippen molar-refractivity contribution < 1.29 is 4.39 Å². The van der Waals surface area contributed by atoms with Crippen molar-refractivity contribution in [1.82, 2.24) is 0 Å². The second-order valence-corrected chi connectivity index (χ2v) is 6.00. The number of hydrogen-bond donors (Lipinski definition) is 1. The molecule has 1 atom stereocenters. The number of hydrogen-bond acceptors (Lipinski definition) is 1. The lowest BCUT2D eigenvalue weighted by Crippen LogP contribution is -2.41. The van der Waals surface area contributed by atoms with Gasteiger partial charge in [-0.25, -0.2) is 4.39 Å². The lowest BCUT2D eigenvalue weighted by atomic mass is 9.84. The van der Waals surface area contributed by atoms with Gasteiger partial charge in [-0.05, 0) is 68.0 Å². The van der Waals surface area contributed by atoms with E-state index in [1.807, 2.05) is 12.1 Å². The van der Waals surface area contributed by atoms with Gasteiger partial charge in [-0.15, -0.1) is 0 Å². The zero-order valence-corrected chi connectivity index (χ0v) is 12.4. The van der Waals surface area contributed by atoms with Crippen LogP contribution in [0, 0.1) is 19.7 Å². The molecule has 0 aliphatic carbocycles. The standard InChI is InChI=1S/C18H22FN/c1-13-5-4-6-14(2)17(13)12-18(3,20)11-15-7-9-16(19)10-8-15/h4-10H,11-12,20H2,1-3H3. The summed E-state index contributed by atoms with van der Waals surface area (Å²) >= 11 is 0. The Kier molecular flexibility index (Phi) is 4.24. The van der Waals surface area contributed by atoms with E-state index in [2.05, 4.69) is 39.0 Å². The van der Waals surface area contributed by atoms with Crippen LogP contribution in [0.15, 0.2) is 42.5 Å². The van der Waals surface area contributed by atoms with E-state index in [1.165, 1.54) is 28.8 Å². The maximum Gasteiger partial charge on any atom is 0.123 e. The second kappa shape index (κ2) is 5.76. The Morgan fingerprint density at radius 1 is 0.950 bits per heavy atom. The number of halogens is 1. The van der Waals surface area contributed by atoms with Gasteiger partial charge in [0.05, 0.1) is 0 Å². The fraction of sp³-hybridized carbons (Fsp3) is 0.333. The van der Waals surface area contributed by atoms with Crippen molar-refractivity contribution in [3.05, 3.63) is 70.5 Å². The van der Waals surface area contributed by atoms with Crippen LogP contribution in [0.1, 0.15) is 29.2 Å². The van der Waals surface area contributed by atoms with Crippen LogP contribution in [0.25, 0.3) is 0 Å². The van der Waals surface area contributed by atoms with Gasteiger partial charge >= 0.3 is 0 Å². The second-order valence-electron chi connectivity index (χ2n) is 6.00. The number of nitrogens with two attached hydrogens (primary N) is 1. The molecular formula is C18H22FN. The minimum atomic E-state index is -0.339. The van der Waals surface area contributed by atoms with Crippen LogP contribution < -0.4 is 5.73 Å². The van der Waals surface area contributed by atoms with E-state index in [4.69, 9.17) is 5.73 Å². The van der Waals surface area contributed by atoms with Gasteiger partial charge in [0.15, 0.2) is 0 Å². The minimum Gasteiger partial charge on any atom is -0.325 e. The van der Waals surface area contributed by atoms with Crippen molar-refractivity contribution >= 4 is 0 Å². The lowest BCUT2D eigenvalue weighted by molar-refractivity contribution is 0.460. The van der Waals surface area contributed by atoms with Gasteiger partial charge in [0.2, 0.25) is 0 Å². The Morgan fingerprint density at radius 3 is 2.05 bits per heavy atom. The first-order chi connectivity index (χ1) is 9.37. The van der Waals surface area contributed by atoms with E-state index in [-0.39, 0.29) is 11.4 Å². The fourth-order valence-corrected chi connectivity index (χ4v) is 2.66. The van der Waals surface area contributed by atoms with Crippen molar-refractivity contribution in [3.63, 3.8) is 0 Å². The van der Waals surface area contributed by atoms with Crippen molar-refractivity contribution in [2.45, 2.75) is 39.2 Å². The molecule has 0 saturated carbocycles. The summed E-state index contributed by atoms with van der Waals surface area (Å²) in [6, 6.07) is 12.9. The smallest absolute Gasteiger partial charge is 0.123 e. The molecule has 0 aliphatic heterocycles. The Morgan fingerprint density at radius 2 is 1.50 bits per heavy atom. The van der Waals surface area contributed by atoms with Crippen LogP contribution in [0.5, 0.6) is 0 Å². The van der Waals surface area contributed by atoms with Crippen molar-refractivity contribution in [3.8, 4) is 0 Å². The van der Waals surface area contributed by atoms with Crippen molar-refractivity contribution in [2.24, 2.45) is 5.73 Å². The molecule has 1 nitrogen and oxygen atoms in total. The summed E-state index contributed by atoms with van der Waals surface area (Å²) in [7, 11) is 0. The predicted molar refractivity (Wildman–Crippen MR) is 82.3 cm³/mol. The maximum absolute atomic E-state index is 12.9. The summed E-state index contributed by atoms with van der Waals surface area (Å²) in [6.07, 6.45) is 1.56. The number of aryl methyl sites for hydroxylation is 2. The van der Waals surface area contributed by atoms with Crippen LogP contribution in [0.3, 0.4) is 0 Å². The van der Waals surface area contributed by atoms with E-state index < -0.39 is 0 Å². The first kappa shape index (κ1) is 14.7. The average molecular weight is 271 g/mol. The minimum absolute atomic E-state index is 0.206. The number of rotatable bonds is 4. The molecular weight excluding hydrogens is 249 g/mol. The third-order valence-electron chi connectivity index (χ3n) is 3.75. The lowest BCUT2D eigenvalue weighted by Gasteiger charge is -2.27. The van der Waals surface area contributed by atoms with Crippen LogP contribution in [-0.4, -0.2) is 5.54 Å². The Bertz CT molecular complexity index is 565. The van der Waals surface area contributed by atoms with E-state index in [1.54, 1.807) is 0 Å². The molecule has 2 rings (SSSR count). The molecule has 0 fully saturated rings. The average Bonchev–Trinajstić information content (AvgIpc) is 2.37. The van der Waals surface area contributed by atoms with Crippen LogP contribution >= 0.6 is 0 Å². The molecule has 20 heavy (non-hydrogen) atoms. The molecule has 106 valence electrons. The van der Waals surface area contributed by atoms with Gasteiger partial charge in [0.25, 0.3) is 0 Å². The van der Waals surface area contributed by atoms with Gasteiger partial charge < -0.3 is 5.73 Å². The molecule has 0 amide bonds. The van der Waals surface area contributed by atoms with Gasteiger partial charge in [0, 0.05) is 5.54 Å². The Hall–Kier alpha value is -1.67. The van der Waals surface area contributed by atoms with Gasteiger partial charge in [-0.2, -0.15) is 0 Å². The molecule has 1 unspecified atom stereocenters. The maximum atomic E-state index is 12.9. The van der Waals surface area contributed by atoms with Crippen molar-refractivity contribution in [2.75, 3.05) is 0 Å². The number of benzene rings is 2. The van der Waals surface area contributed by atoms with Crippen LogP contribution in [0.4, 0.5) is 4.39 Å². The molecule has 2 aromatic carbocycles. The Labute approximate surface area is 120 Å². The molecule has 0 aliphatic rings. The molecule has 0 saturated heterocycles. The summed E-state index contributed by atoms with van der Waals surface area (Å²) in [4.78, 5) is 0. The molecule has 2 heteroatoms. The van der Waals surface area contributed by atoms with E-state index in [0.717, 1.165) is 18.4 Å². The molecule has 0 spiro atoms. The zero-order valence-electron chi connectivity index (χ0n) is 12.4. The third kappa shape index (κ3) is 3.67. The van der Waals surface area contributed by atoms with Gasteiger partial charge in [-0.3, -0.25) is 0 Å². The molecule has 0 aromatic heterocycles. The predicted octanol–water partition coefficient (Wildman–Crippen LogP) is 3.95. The van der Waals surface area contributed by atoms with Crippen LogP contribution in [-0.2, 0) is 12.8 Å². The normalized spacial score (nSPS) is 14.1. The van der Waals surface area contributed by atoms with Crippen molar-refractivity contribution in [1.29, 1.82) is 0 Å². The van der Waals surface area contributed by atoms with Gasteiger partial charge in [-0.1, -0.05) is 30.3 Å². The highest BCUT2D eigenvalue weighted by molar-refractivity contribution is 5.35. The zero-order chi connectivity index (χ0) is 14.8. The first-order valence-corrected chi connectivity index (χ1v) is 6.96. The summed E-state index contributed by atoms with van der Waals surface area (Å²) in [5, 5.41) is 0. The molecule has 0 bridgehead atoms. The third-order valence-corrected chi connectivity index (χ3v) is 3.75. The summed E-state index contributed by atoms with van der Waals surface area (Å²) in [5.41, 5.74) is 11.1. The van der Waals surface area contributed by atoms with E-state index >= 15 is 0 Å². The molecule has 0 radical (unpaired) electrons. The first-order valence-electron chi connectivity index (χ1n) is 6.96. The van der Waals surface area contributed by atoms with E-state index in [0.29, 0.717) is 0 Å². The van der Waals surface area contributed by atoms with Crippen LogP contribution in [0.2, 0.25) is 0 Å². The monoisotopic (exact) mass is 271 g/mol. The highest BCUT2D eigenvalue weighted by Gasteiger charge is 2.21. The molecule has 2 aromatic rings. The van der Waals surface area contributed by atoms with E-state index in [9.17, 15) is 4.39 Å². The summed E-state index contributed by atoms with van der Waals surface area (Å²) < 4.78 is 12.9. The molecule has 2 N–H and O–H groups in total. The Balaban J connectivity index is 2.16. The quantitative estimate of drug-likeness (QED) is 0.895. The highest BCUT2D eigenvalue weighted by atomic mass is 19.1. The SMILES string of the molecule is Cc1cccc(C)c1CC(C)(N)Cc1ccc(F)cc1. The largest absolute Gasteiger partial charge is 0.325 e. The fourth-order valence-electron chi connectivity index (χ4n) is 2.66. The van der Waals surface area contributed by atoms with Gasteiger partial charge in [0.1, 0.15) is 5.82 Å². The topological polar surface area (TPSA) is 26.0 Å². The molecule has 0 heterocycles. The highest BCUT2D eigenvalue weighted by Crippen LogP contribution is 2.22. The summed E-state index contributed by atoms with van der Waals surface area (Å²) in [5.74, 6) is -0.206.